The van der Waals surface area contributed by atoms with Crippen LogP contribution in [0.15, 0.2) is 12.2 Å². The standard InChI is InChI=1S/C11H19N/c1-10(7-5-6-8-12)9-11(2,3)4/h5,7,10H,6,9H2,1-4H3/b7-5+. The molecule has 1 nitrogen and oxygen atoms in total. The third-order valence-electron chi connectivity index (χ3n) is 1.61. The highest BCUT2D eigenvalue weighted by Crippen LogP contribution is 2.24. The molecule has 0 saturated heterocycles. The number of allylic oxidation sites excluding steroid dienone is 2. The summed E-state index contributed by atoms with van der Waals surface area (Å²) in [7, 11) is 0. The van der Waals surface area contributed by atoms with Gasteiger partial charge in [0.05, 0.1) is 12.5 Å². The molecule has 1 unspecified atom stereocenters. The van der Waals surface area contributed by atoms with Crippen molar-refractivity contribution in [3.8, 4) is 6.07 Å². The highest BCUT2D eigenvalue weighted by molar-refractivity contribution is 4.93. The van der Waals surface area contributed by atoms with Crippen LogP contribution in [0.25, 0.3) is 0 Å². The van der Waals surface area contributed by atoms with Crippen LogP contribution in [0.5, 0.6) is 0 Å². The Bertz CT molecular complexity index is 178. The van der Waals surface area contributed by atoms with Gasteiger partial charge < -0.3 is 0 Å². The van der Waals surface area contributed by atoms with Crippen molar-refractivity contribution >= 4 is 0 Å². The van der Waals surface area contributed by atoms with Gasteiger partial charge >= 0.3 is 0 Å². The monoisotopic (exact) mass is 165 g/mol. The molecular formula is C11H19N. The van der Waals surface area contributed by atoms with Gasteiger partial charge in [-0.1, -0.05) is 39.8 Å². The van der Waals surface area contributed by atoms with Crippen LogP contribution in [0.1, 0.15) is 40.5 Å². The second-order valence-electron chi connectivity index (χ2n) is 4.53. The molecular weight excluding hydrogens is 146 g/mol. The minimum atomic E-state index is 0.385. The van der Waals surface area contributed by atoms with Crippen LogP contribution in [-0.2, 0) is 0 Å². The molecule has 0 bridgehead atoms. The zero-order chi connectivity index (χ0) is 9.61. The first-order valence-electron chi connectivity index (χ1n) is 4.49. The Labute approximate surface area is 76.1 Å². The summed E-state index contributed by atoms with van der Waals surface area (Å²) in [4.78, 5) is 0. The topological polar surface area (TPSA) is 23.8 Å². The molecule has 0 heterocycles. The average molecular weight is 165 g/mol. The Hall–Kier alpha value is -0.770. The molecule has 0 aliphatic rings. The minimum Gasteiger partial charge on any atom is -0.198 e. The first kappa shape index (κ1) is 11.2. The second kappa shape index (κ2) is 4.98. The van der Waals surface area contributed by atoms with Gasteiger partial charge in [-0.25, -0.2) is 0 Å². The molecule has 0 aromatic heterocycles. The van der Waals surface area contributed by atoms with E-state index in [1.807, 2.05) is 6.08 Å². The molecule has 0 fully saturated rings. The van der Waals surface area contributed by atoms with Crippen LogP contribution in [0.2, 0.25) is 0 Å². The number of hydrogen-bond donors (Lipinski definition) is 0. The van der Waals surface area contributed by atoms with E-state index in [4.69, 9.17) is 5.26 Å². The Morgan fingerprint density at radius 1 is 1.42 bits per heavy atom. The molecule has 0 aliphatic heterocycles. The van der Waals surface area contributed by atoms with Gasteiger partial charge in [0.1, 0.15) is 0 Å². The zero-order valence-corrected chi connectivity index (χ0v) is 8.59. The predicted octanol–water partition coefficient (Wildman–Crippen LogP) is 3.53. The van der Waals surface area contributed by atoms with Crippen molar-refractivity contribution in [1.82, 2.24) is 0 Å². The first-order valence-corrected chi connectivity index (χ1v) is 4.49. The van der Waals surface area contributed by atoms with E-state index in [-0.39, 0.29) is 0 Å². The minimum absolute atomic E-state index is 0.385. The van der Waals surface area contributed by atoms with Crippen molar-refractivity contribution in [3.05, 3.63) is 12.2 Å². The van der Waals surface area contributed by atoms with Gasteiger partial charge in [0, 0.05) is 0 Å². The van der Waals surface area contributed by atoms with Crippen LogP contribution in [-0.4, -0.2) is 0 Å². The Morgan fingerprint density at radius 3 is 2.42 bits per heavy atom. The number of hydrogen-bond acceptors (Lipinski definition) is 1. The highest BCUT2D eigenvalue weighted by Gasteiger charge is 2.12. The fraction of sp³-hybridized carbons (Fsp3) is 0.727. The number of nitriles is 1. The van der Waals surface area contributed by atoms with Crippen molar-refractivity contribution in [3.63, 3.8) is 0 Å². The van der Waals surface area contributed by atoms with Gasteiger partial charge in [-0.05, 0) is 17.8 Å². The quantitative estimate of drug-likeness (QED) is 0.587. The SMILES string of the molecule is CC(/C=C/CC#N)CC(C)(C)C. The van der Waals surface area contributed by atoms with E-state index >= 15 is 0 Å². The molecule has 12 heavy (non-hydrogen) atoms. The molecule has 0 N–H and O–H groups in total. The van der Waals surface area contributed by atoms with Crippen molar-refractivity contribution in [2.75, 3.05) is 0 Å². The maximum absolute atomic E-state index is 8.31. The Balaban J connectivity index is 3.75. The van der Waals surface area contributed by atoms with Crippen LogP contribution in [0, 0.1) is 22.7 Å². The lowest BCUT2D eigenvalue weighted by Gasteiger charge is -2.20. The van der Waals surface area contributed by atoms with Crippen molar-refractivity contribution in [1.29, 1.82) is 5.26 Å². The molecule has 0 rings (SSSR count). The maximum atomic E-state index is 8.31. The third-order valence-corrected chi connectivity index (χ3v) is 1.61. The van der Waals surface area contributed by atoms with Crippen LogP contribution in [0.3, 0.4) is 0 Å². The summed E-state index contributed by atoms with van der Waals surface area (Å²) in [6.45, 7) is 8.91. The summed E-state index contributed by atoms with van der Waals surface area (Å²) < 4.78 is 0. The lowest BCUT2D eigenvalue weighted by molar-refractivity contribution is 0.336. The van der Waals surface area contributed by atoms with E-state index in [1.165, 1.54) is 6.42 Å². The highest BCUT2D eigenvalue weighted by atomic mass is 14.2. The van der Waals surface area contributed by atoms with E-state index in [9.17, 15) is 0 Å². The van der Waals surface area contributed by atoms with E-state index in [0.717, 1.165) is 0 Å². The number of nitrogens with zero attached hydrogens (tertiary/aromatic N) is 1. The van der Waals surface area contributed by atoms with Crippen LogP contribution in [0.4, 0.5) is 0 Å². The molecule has 1 heteroatoms. The third kappa shape index (κ3) is 7.34. The largest absolute Gasteiger partial charge is 0.198 e. The lowest BCUT2D eigenvalue weighted by Crippen LogP contribution is -2.09. The Morgan fingerprint density at radius 2 is 2.00 bits per heavy atom. The normalized spacial score (nSPS) is 14.6. The summed E-state index contributed by atoms with van der Waals surface area (Å²) in [5.41, 5.74) is 0.385. The maximum Gasteiger partial charge on any atom is 0.0663 e. The van der Waals surface area contributed by atoms with Gasteiger partial charge in [0.15, 0.2) is 0 Å². The van der Waals surface area contributed by atoms with Gasteiger partial charge in [-0.2, -0.15) is 5.26 Å². The Kier molecular flexibility index (Phi) is 4.66. The van der Waals surface area contributed by atoms with Gasteiger partial charge in [-0.3, -0.25) is 0 Å². The smallest absolute Gasteiger partial charge is 0.0663 e. The van der Waals surface area contributed by atoms with Crippen molar-refractivity contribution in [2.24, 2.45) is 11.3 Å². The summed E-state index contributed by atoms with van der Waals surface area (Å²) in [5, 5.41) is 8.31. The number of rotatable bonds is 3. The van der Waals surface area contributed by atoms with E-state index in [0.29, 0.717) is 17.8 Å². The molecule has 0 spiro atoms. The molecule has 0 aliphatic carbocycles. The summed E-state index contributed by atoms with van der Waals surface area (Å²) in [6.07, 6.45) is 5.80. The average Bonchev–Trinajstić information content (AvgIpc) is 1.84. The van der Waals surface area contributed by atoms with E-state index in [1.54, 1.807) is 0 Å². The predicted molar refractivity (Wildman–Crippen MR) is 52.6 cm³/mol. The molecule has 0 amide bonds. The molecule has 68 valence electrons. The van der Waals surface area contributed by atoms with Crippen LogP contribution >= 0.6 is 0 Å². The fourth-order valence-corrected chi connectivity index (χ4v) is 1.39. The lowest BCUT2D eigenvalue weighted by atomic mass is 9.85. The van der Waals surface area contributed by atoms with Gasteiger partial charge in [0.25, 0.3) is 0 Å². The van der Waals surface area contributed by atoms with Crippen molar-refractivity contribution < 1.29 is 0 Å². The van der Waals surface area contributed by atoms with E-state index < -0.39 is 0 Å². The van der Waals surface area contributed by atoms with Crippen molar-refractivity contribution in [2.45, 2.75) is 40.5 Å². The summed E-state index contributed by atoms with van der Waals surface area (Å²) >= 11 is 0. The molecule has 0 saturated carbocycles. The molecule has 0 aromatic rings. The molecule has 0 radical (unpaired) electrons. The fourth-order valence-electron chi connectivity index (χ4n) is 1.39. The zero-order valence-electron chi connectivity index (χ0n) is 8.59. The summed E-state index contributed by atoms with van der Waals surface area (Å²) in [5.74, 6) is 0.582. The summed E-state index contributed by atoms with van der Waals surface area (Å²) in [6, 6.07) is 2.10. The van der Waals surface area contributed by atoms with Crippen LogP contribution < -0.4 is 0 Å². The second-order valence-corrected chi connectivity index (χ2v) is 4.53. The van der Waals surface area contributed by atoms with Gasteiger partial charge in [0.2, 0.25) is 0 Å². The molecule has 0 aromatic carbocycles. The first-order chi connectivity index (χ1) is 5.45. The van der Waals surface area contributed by atoms with E-state index in [2.05, 4.69) is 39.8 Å². The molecule has 1 atom stereocenters. The van der Waals surface area contributed by atoms with Gasteiger partial charge in [-0.15, -0.1) is 0 Å².